The summed E-state index contributed by atoms with van der Waals surface area (Å²) in [5.41, 5.74) is 0.574. The molecule has 0 aliphatic heterocycles. The largest absolute Gasteiger partial charge is 0.481 e. The van der Waals surface area contributed by atoms with Crippen LogP contribution in [-0.4, -0.2) is 27.0 Å². The third kappa shape index (κ3) is 3.67. The normalized spacial score (nSPS) is 51.1. The number of carboxylic acid groups (broad SMARTS) is 1. The van der Waals surface area contributed by atoms with Gasteiger partial charge in [0.1, 0.15) is 0 Å². The second kappa shape index (κ2) is 8.41. The molecule has 4 fully saturated rings. The van der Waals surface area contributed by atoms with E-state index in [0.717, 1.165) is 51.4 Å². The molecule has 0 saturated heterocycles. The summed E-state index contributed by atoms with van der Waals surface area (Å²) in [6, 6.07) is 0. The highest BCUT2D eigenvalue weighted by Crippen LogP contribution is 2.76. The van der Waals surface area contributed by atoms with Crippen LogP contribution in [0.4, 0.5) is 0 Å². The standard InChI is InChI=1S/C30H49O6P/c1-18-10-15-30(25(31)32)17-16-28(6)20(24(30)19(18)2)8-9-22-27(5)13-12-23(36-37(33,34)35)26(3,4)21(27)11-14-29(22,28)7/h8,18-19,21-24H,9-17H2,1-7H3,(H,31,32)(H2,33,34,35)/t18-,19+,21+,22-,23+,24+,27+,28-,29-,30+/m1/s1. The van der Waals surface area contributed by atoms with E-state index in [1.54, 1.807) is 0 Å². The SMILES string of the molecule is C[C@H]1[C@H](C)CC[C@]2(C(=O)O)CC[C@]3(C)C(=CC[C@@H]4[C@@]5(C)CC[C@H](OP(=O)(O)O)C(C)(C)[C@@H]5CC[C@]43C)[C@H]12. The van der Waals surface area contributed by atoms with Crippen LogP contribution < -0.4 is 0 Å². The number of carbonyl (C=O) groups is 1. The van der Waals surface area contributed by atoms with Gasteiger partial charge in [-0.1, -0.05) is 60.1 Å². The van der Waals surface area contributed by atoms with Gasteiger partial charge in [0.15, 0.2) is 0 Å². The fourth-order valence-electron chi connectivity index (χ4n) is 11.2. The van der Waals surface area contributed by atoms with Crippen molar-refractivity contribution in [1.29, 1.82) is 0 Å². The van der Waals surface area contributed by atoms with Gasteiger partial charge < -0.3 is 14.9 Å². The minimum Gasteiger partial charge on any atom is -0.481 e. The highest BCUT2D eigenvalue weighted by atomic mass is 31.2. The first-order valence-corrected chi connectivity index (χ1v) is 16.1. The van der Waals surface area contributed by atoms with Crippen LogP contribution in [0.2, 0.25) is 0 Å². The number of rotatable bonds is 3. The molecular formula is C30H49O6P. The van der Waals surface area contributed by atoms with Crippen molar-refractivity contribution in [1.82, 2.24) is 0 Å². The second-order valence-electron chi connectivity index (χ2n) is 15.1. The van der Waals surface area contributed by atoms with Crippen molar-refractivity contribution in [2.45, 2.75) is 112 Å². The third-order valence-corrected chi connectivity index (χ3v) is 14.1. The van der Waals surface area contributed by atoms with Gasteiger partial charge in [0.2, 0.25) is 0 Å². The van der Waals surface area contributed by atoms with Crippen LogP contribution in [0, 0.1) is 56.7 Å². The first-order chi connectivity index (χ1) is 16.9. The molecule has 5 rings (SSSR count). The van der Waals surface area contributed by atoms with Crippen LogP contribution in [0.1, 0.15) is 106 Å². The summed E-state index contributed by atoms with van der Waals surface area (Å²) in [6.07, 6.45) is 10.1. The zero-order valence-electron chi connectivity index (χ0n) is 23.9. The molecule has 6 nitrogen and oxygen atoms in total. The molecule has 3 N–H and O–H groups in total. The Hall–Kier alpha value is -0.680. The summed E-state index contributed by atoms with van der Waals surface area (Å²) in [5.74, 6) is 1.19. The zero-order valence-corrected chi connectivity index (χ0v) is 24.8. The van der Waals surface area contributed by atoms with E-state index in [4.69, 9.17) is 4.52 Å². The molecule has 210 valence electrons. The molecule has 7 heteroatoms. The van der Waals surface area contributed by atoms with Gasteiger partial charge in [0, 0.05) is 0 Å². The first-order valence-electron chi connectivity index (χ1n) is 14.6. The van der Waals surface area contributed by atoms with Crippen LogP contribution in [0.15, 0.2) is 11.6 Å². The molecule has 0 aromatic carbocycles. The zero-order chi connectivity index (χ0) is 27.4. The fraction of sp³-hybridized carbons (Fsp3) is 0.900. The number of hydrogen-bond donors (Lipinski definition) is 3. The highest BCUT2D eigenvalue weighted by molar-refractivity contribution is 7.46. The van der Waals surface area contributed by atoms with E-state index >= 15 is 0 Å². The topological polar surface area (TPSA) is 104 Å². The number of hydrogen-bond acceptors (Lipinski definition) is 3. The maximum absolute atomic E-state index is 12.8. The molecule has 5 aliphatic carbocycles. The van der Waals surface area contributed by atoms with Gasteiger partial charge >= 0.3 is 13.8 Å². The molecule has 0 unspecified atom stereocenters. The Morgan fingerprint density at radius 3 is 2.24 bits per heavy atom. The van der Waals surface area contributed by atoms with E-state index in [0.29, 0.717) is 30.1 Å². The lowest BCUT2D eigenvalue weighted by molar-refractivity contribution is -0.204. The van der Waals surface area contributed by atoms with E-state index in [1.165, 1.54) is 5.57 Å². The van der Waals surface area contributed by atoms with Gasteiger partial charge in [-0.3, -0.25) is 9.32 Å². The van der Waals surface area contributed by atoms with E-state index in [2.05, 4.69) is 54.5 Å². The van der Waals surface area contributed by atoms with Gasteiger partial charge in [-0.15, -0.1) is 0 Å². The van der Waals surface area contributed by atoms with Gasteiger partial charge in [0.05, 0.1) is 11.5 Å². The average Bonchev–Trinajstić information content (AvgIpc) is 2.78. The van der Waals surface area contributed by atoms with Crippen LogP contribution >= 0.6 is 7.82 Å². The van der Waals surface area contributed by atoms with Gasteiger partial charge in [0.25, 0.3) is 0 Å². The Bertz CT molecular complexity index is 1050. The van der Waals surface area contributed by atoms with Gasteiger partial charge in [-0.05, 0) is 109 Å². The maximum atomic E-state index is 12.8. The lowest BCUT2D eigenvalue weighted by atomic mass is 9.33. The molecule has 10 atom stereocenters. The second-order valence-corrected chi connectivity index (χ2v) is 16.2. The number of fused-ring (bicyclic) bond motifs is 7. The molecule has 0 heterocycles. The van der Waals surface area contributed by atoms with Crippen LogP contribution in [0.3, 0.4) is 0 Å². The Labute approximate surface area is 223 Å². The van der Waals surface area contributed by atoms with Crippen molar-refractivity contribution in [3.05, 3.63) is 11.6 Å². The predicted octanol–water partition coefficient (Wildman–Crippen LogP) is 7.21. The van der Waals surface area contributed by atoms with Crippen molar-refractivity contribution < 1.29 is 28.8 Å². The van der Waals surface area contributed by atoms with Gasteiger partial charge in [-0.2, -0.15) is 0 Å². The number of phosphoric ester groups is 1. The minimum atomic E-state index is -4.55. The first kappa shape index (κ1) is 27.9. The summed E-state index contributed by atoms with van der Waals surface area (Å²) in [7, 11) is -4.55. The summed E-state index contributed by atoms with van der Waals surface area (Å²) >= 11 is 0. The summed E-state index contributed by atoms with van der Waals surface area (Å²) in [5, 5.41) is 10.6. The number of carboxylic acids is 1. The summed E-state index contributed by atoms with van der Waals surface area (Å²) < 4.78 is 17.1. The Morgan fingerprint density at radius 2 is 1.62 bits per heavy atom. The smallest absolute Gasteiger partial charge is 0.469 e. The molecule has 0 spiro atoms. The molecule has 0 radical (unpaired) electrons. The summed E-state index contributed by atoms with van der Waals surface area (Å²) in [4.78, 5) is 32.0. The third-order valence-electron chi connectivity index (χ3n) is 13.6. The van der Waals surface area contributed by atoms with Crippen LogP contribution in [0.5, 0.6) is 0 Å². The van der Waals surface area contributed by atoms with Crippen molar-refractivity contribution in [2.24, 2.45) is 56.7 Å². The van der Waals surface area contributed by atoms with Crippen LogP contribution in [0.25, 0.3) is 0 Å². The average molecular weight is 537 g/mol. The molecule has 0 aromatic rings. The lowest BCUT2D eigenvalue weighted by Crippen LogP contribution is -2.65. The van der Waals surface area contributed by atoms with E-state index < -0.39 is 25.3 Å². The predicted molar refractivity (Wildman–Crippen MR) is 144 cm³/mol. The molecular weight excluding hydrogens is 487 g/mol. The van der Waals surface area contributed by atoms with E-state index in [-0.39, 0.29) is 27.6 Å². The highest BCUT2D eigenvalue weighted by Gasteiger charge is 2.69. The summed E-state index contributed by atoms with van der Waals surface area (Å²) in [6.45, 7) is 16.3. The quantitative estimate of drug-likeness (QED) is 0.260. The van der Waals surface area contributed by atoms with Crippen LogP contribution in [-0.2, 0) is 13.9 Å². The maximum Gasteiger partial charge on any atom is 0.469 e. The molecule has 0 aromatic heterocycles. The Morgan fingerprint density at radius 1 is 0.946 bits per heavy atom. The van der Waals surface area contributed by atoms with E-state index in [9.17, 15) is 24.3 Å². The monoisotopic (exact) mass is 536 g/mol. The van der Waals surface area contributed by atoms with Crippen molar-refractivity contribution >= 4 is 13.8 Å². The van der Waals surface area contributed by atoms with E-state index in [1.807, 2.05) is 0 Å². The van der Waals surface area contributed by atoms with Crippen molar-refractivity contribution in [3.8, 4) is 0 Å². The fourth-order valence-corrected chi connectivity index (χ4v) is 11.9. The minimum absolute atomic E-state index is 0.0256. The molecule has 4 saturated carbocycles. The molecule has 37 heavy (non-hydrogen) atoms. The number of allylic oxidation sites excluding steroid dienone is 2. The lowest BCUT2D eigenvalue weighted by Gasteiger charge is -2.71. The molecule has 0 bridgehead atoms. The Kier molecular flexibility index (Phi) is 6.34. The Balaban J connectivity index is 1.55. The molecule has 0 amide bonds. The van der Waals surface area contributed by atoms with Crippen molar-refractivity contribution in [3.63, 3.8) is 0 Å². The molecule has 5 aliphatic rings. The van der Waals surface area contributed by atoms with Crippen molar-refractivity contribution in [2.75, 3.05) is 0 Å². The number of aliphatic carboxylic acids is 1. The van der Waals surface area contributed by atoms with Gasteiger partial charge in [-0.25, -0.2) is 4.57 Å². The number of phosphoric acid groups is 1.